The monoisotopic (exact) mass is 385 g/mol. The Labute approximate surface area is 165 Å². The smallest absolute Gasteiger partial charge is 0.292 e. The lowest BCUT2D eigenvalue weighted by Gasteiger charge is -2.04. The minimum Gasteiger partial charge on any atom is -0.467 e. The first-order chi connectivity index (χ1) is 14.2. The quantitative estimate of drug-likeness (QED) is 0.548. The van der Waals surface area contributed by atoms with Crippen LogP contribution in [0.3, 0.4) is 0 Å². The van der Waals surface area contributed by atoms with E-state index in [4.69, 9.17) is 9.68 Å². The zero-order valence-corrected chi connectivity index (χ0v) is 15.1. The van der Waals surface area contributed by atoms with Crippen molar-refractivity contribution in [3.63, 3.8) is 0 Å². The van der Waals surface area contributed by atoms with E-state index in [1.807, 2.05) is 6.07 Å². The summed E-state index contributed by atoms with van der Waals surface area (Å²) in [7, 11) is 0. The van der Waals surface area contributed by atoms with Crippen LogP contribution in [0.5, 0.6) is 0 Å². The molecule has 0 saturated heterocycles. The second kappa shape index (κ2) is 7.70. The van der Waals surface area contributed by atoms with E-state index < -0.39 is 11.8 Å². The normalized spacial score (nSPS) is 10.4. The van der Waals surface area contributed by atoms with Gasteiger partial charge in [0.05, 0.1) is 30.0 Å². The lowest BCUT2D eigenvalue weighted by atomic mass is 10.2. The van der Waals surface area contributed by atoms with E-state index in [1.54, 1.807) is 65.2 Å². The number of hydrogen-bond donors (Lipinski definition) is 2. The number of imidazole rings is 1. The molecule has 0 saturated carbocycles. The largest absolute Gasteiger partial charge is 0.467 e. The number of nitrogens with zero attached hydrogens (tertiary/aromatic N) is 3. The molecule has 4 rings (SSSR count). The van der Waals surface area contributed by atoms with Crippen molar-refractivity contribution < 1.29 is 14.0 Å². The molecule has 4 aromatic rings. The number of pyridine rings is 1. The molecule has 0 bridgehead atoms. The van der Waals surface area contributed by atoms with E-state index >= 15 is 0 Å². The summed E-state index contributed by atoms with van der Waals surface area (Å²) >= 11 is 0. The fourth-order valence-corrected chi connectivity index (χ4v) is 2.88. The maximum Gasteiger partial charge on any atom is 0.292 e. The summed E-state index contributed by atoms with van der Waals surface area (Å²) in [5, 5.41) is 14.5. The molecule has 142 valence electrons. The molecule has 0 aliphatic rings. The highest BCUT2D eigenvalue weighted by Crippen LogP contribution is 2.16. The van der Waals surface area contributed by atoms with Gasteiger partial charge in [0.1, 0.15) is 5.76 Å². The number of rotatable bonds is 5. The molecule has 2 N–H and O–H groups in total. The topological polar surface area (TPSA) is 112 Å². The number of carbonyl (C=O) groups excluding carboxylic acids is 2. The van der Waals surface area contributed by atoms with E-state index in [-0.39, 0.29) is 18.1 Å². The average molecular weight is 385 g/mol. The molecule has 0 aliphatic carbocycles. The molecule has 0 atom stereocenters. The van der Waals surface area contributed by atoms with Gasteiger partial charge in [-0.25, -0.2) is 4.98 Å². The number of benzene rings is 1. The summed E-state index contributed by atoms with van der Waals surface area (Å²) in [6.45, 7) is 0.209. The first-order valence-electron chi connectivity index (χ1n) is 8.75. The highest BCUT2D eigenvalue weighted by molar-refractivity contribution is 6.06. The SMILES string of the molecule is N#Cc1cccc(NC(=O)c2nc(C(=O)NCc3ccco3)c3ccccn23)c1. The molecule has 0 fully saturated rings. The van der Waals surface area contributed by atoms with Gasteiger partial charge in [0.2, 0.25) is 5.82 Å². The Kier molecular flexibility index (Phi) is 4.78. The summed E-state index contributed by atoms with van der Waals surface area (Å²) in [6, 6.07) is 17.3. The van der Waals surface area contributed by atoms with Crippen LogP contribution in [0.15, 0.2) is 71.5 Å². The van der Waals surface area contributed by atoms with Crippen molar-refractivity contribution in [3.05, 3.63) is 89.9 Å². The molecule has 1 aromatic carbocycles. The molecule has 29 heavy (non-hydrogen) atoms. The molecule has 3 heterocycles. The van der Waals surface area contributed by atoms with Crippen LogP contribution in [0.1, 0.15) is 32.4 Å². The van der Waals surface area contributed by atoms with Gasteiger partial charge < -0.3 is 15.1 Å². The predicted molar refractivity (Wildman–Crippen MR) is 104 cm³/mol. The van der Waals surface area contributed by atoms with Crippen molar-refractivity contribution in [2.24, 2.45) is 0 Å². The van der Waals surface area contributed by atoms with Crippen molar-refractivity contribution in [1.29, 1.82) is 5.26 Å². The van der Waals surface area contributed by atoms with Crippen molar-refractivity contribution in [2.75, 3.05) is 5.32 Å². The lowest BCUT2D eigenvalue weighted by Crippen LogP contribution is -2.23. The zero-order chi connectivity index (χ0) is 20.2. The number of hydrogen-bond acceptors (Lipinski definition) is 5. The Morgan fingerprint density at radius 1 is 1.10 bits per heavy atom. The average Bonchev–Trinajstić information content (AvgIpc) is 3.40. The van der Waals surface area contributed by atoms with E-state index in [2.05, 4.69) is 15.6 Å². The lowest BCUT2D eigenvalue weighted by molar-refractivity contribution is 0.0945. The van der Waals surface area contributed by atoms with Crippen LogP contribution >= 0.6 is 0 Å². The molecular weight excluding hydrogens is 370 g/mol. The van der Waals surface area contributed by atoms with Gasteiger partial charge in [-0.2, -0.15) is 5.26 Å². The standard InChI is InChI=1S/C21H15N5O3/c22-12-14-5-3-6-15(11-14)24-21(28)19-25-18(17-8-1-2-9-26(17)19)20(27)23-13-16-7-4-10-29-16/h1-11H,13H2,(H,23,27)(H,24,28). The minimum atomic E-state index is -0.494. The van der Waals surface area contributed by atoms with Crippen LogP contribution in [-0.2, 0) is 6.54 Å². The third-order valence-electron chi connectivity index (χ3n) is 4.22. The Morgan fingerprint density at radius 2 is 2.00 bits per heavy atom. The number of amides is 2. The minimum absolute atomic E-state index is 0.0612. The van der Waals surface area contributed by atoms with E-state index in [0.29, 0.717) is 22.5 Å². The number of fused-ring (bicyclic) bond motifs is 1. The molecule has 0 unspecified atom stereocenters. The summed E-state index contributed by atoms with van der Waals surface area (Å²) in [6.07, 6.45) is 3.18. The van der Waals surface area contributed by atoms with Gasteiger partial charge in [0.25, 0.3) is 11.8 Å². The van der Waals surface area contributed by atoms with Gasteiger partial charge in [0, 0.05) is 11.9 Å². The Bertz CT molecular complexity index is 1230. The predicted octanol–water partition coefficient (Wildman–Crippen LogP) is 2.98. The van der Waals surface area contributed by atoms with Crippen LogP contribution in [0, 0.1) is 11.3 Å². The Hall–Kier alpha value is -4.38. The summed E-state index contributed by atoms with van der Waals surface area (Å²) in [5.41, 5.74) is 1.52. The summed E-state index contributed by atoms with van der Waals surface area (Å²) < 4.78 is 6.76. The highest BCUT2D eigenvalue weighted by atomic mass is 16.3. The number of nitriles is 1. The summed E-state index contributed by atoms with van der Waals surface area (Å²) in [5.74, 6) is -0.245. The maximum atomic E-state index is 12.8. The first kappa shape index (κ1) is 18.0. The van der Waals surface area contributed by atoms with Crippen LogP contribution in [0.2, 0.25) is 0 Å². The fraction of sp³-hybridized carbons (Fsp3) is 0.0476. The first-order valence-corrected chi connectivity index (χ1v) is 8.75. The highest BCUT2D eigenvalue weighted by Gasteiger charge is 2.21. The third kappa shape index (κ3) is 3.70. The Morgan fingerprint density at radius 3 is 2.79 bits per heavy atom. The zero-order valence-electron chi connectivity index (χ0n) is 15.1. The van der Waals surface area contributed by atoms with Crippen molar-refractivity contribution in [2.45, 2.75) is 6.54 Å². The van der Waals surface area contributed by atoms with Gasteiger partial charge in [-0.15, -0.1) is 0 Å². The van der Waals surface area contributed by atoms with Crippen molar-refractivity contribution in [1.82, 2.24) is 14.7 Å². The second-order valence-electron chi connectivity index (χ2n) is 6.15. The van der Waals surface area contributed by atoms with Gasteiger partial charge >= 0.3 is 0 Å². The van der Waals surface area contributed by atoms with Gasteiger partial charge in [-0.1, -0.05) is 12.1 Å². The van der Waals surface area contributed by atoms with E-state index in [9.17, 15) is 9.59 Å². The van der Waals surface area contributed by atoms with Crippen LogP contribution in [0.4, 0.5) is 5.69 Å². The molecule has 0 spiro atoms. The third-order valence-corrected chi connectivity index (χ3v) is 4.22. The summed E-state index contributed by atoms with van der Waals surface area (Å²) in [4.78, 5) is 29.7. The van der Waals surface area contributed by atoms with Gasteiger partial charge in [0.15, 0.2) is 5.69 Å². The number of furan rings is 1. The van der Waals surface area contributed by atoms with E-state index in [1.165, 1.54) is 6.26 Å². The molecule has 3 aromatic heterocycles. The number of nitrogens with one attached hydrogen (secondary N) is 2. The molecule has 0 aliphatic heterocycles. The molecule has 2 amide bonds. The number of carbonyl (C=O) groups is 2. The van der Waals surface area contributed by atoms with Gasteiger partial charge in [-0.05, 0) is 42.5 Å². The van der Waals surface area contributed by atoms with Crippen molar-refractivity contribution >= 4 is 23.0 Å². The van der Waals surface area contributed by atoms with Gasteiger partial charge in [-0.3, -0.25) is 14.0 Å². The molecule has 0 radical (unpaired) electrons. The molecule has 8 nitrogen and oxygen atoms in total. The number of aromatic nitrogens is 2. The van der Waals surface area contributed by atoms with Crippen molar-refractivity contribution in [3.8, 4) is 6.07 Å². The van der Waals surface area contributed by atoms with Crippen LogP contribution < -0.4 is 10.6 Å². The van der Waals surface area contributed by atoms with Crippen LogP contribution in [-0.4, -0.2) is 21.2 Å². The number of anilines is 1. The van der Waals surface area contributed by atoms with E-state index in [0.717, 1.165) is 0 Å². The van der Waals surface area contributed by atoms with Crippen LogP contribution in [0.25, 0.3) is 5.52 Å². The fourth-order valence-electron chi connectivity index (χ4n) is 2.88. The molecular formula is C21H15N5O3. The Balaban J connectivity index is 1.62. The maximum absolute atomic E-state index is 12.8. The molecule has 8 heteroatoms. The second-order valence-corrected chi connectivity index (χ2v) is 6.15.